The SMILES string of the molecule is CCOc1cc(C(=O)Nc2ccc(C)c(C)c2)cc(Br)c1OC. The maximum absolute atomic E-state index is 12.5. The van der Waals surface area contributed by atoms with Crippen molar-refractivity contribution < 1.29 is 14.3 Å². The molecule has 23 heavy (non-hydrogen) atoms. The van der Waals surface area contributed by atoms with Gasteiger partial charge in [-0.3, -0.25) is 4.79 Å². The number of carbonyl (C=O) groups excluding carboxylic acids is 1. The zero-order valence-electron chi connectivity index (χ0n) is 13.7. The second-order valence-electron chi connectivity index (χ2n) is 5.18. The fraction of sp³-hybridized carbons (Fsp3) is 0.278. The molecule has 0 spiro atoms. The molecule has 0 aromatic heterocycles. The Labute approximate surface area is 144 Å². The lowest BCUT2D eigenvalue weighted by Gasteiger charge is -2.13. The zero-order chi connectivity index (χ0) is 17.0. The summed E-state index contributed by atoms with van der Waals surface area (Å²) < 4.78 is 11.5. The number of carbonyl (C=O) groups is 1. The Hall–Kier alpha value is -2.01. The quantitative estimate of drug-likeness (QED) is 0.819. The molecule has 122 valence electrons. The summed E-state index contributed by atoms with van der Waals surface area (Å²) in [5, 5.41) is 2.90. The van der Waals surface area contributed by atoms with Crippen LogP contribution in [0.15, 0.2) is 34.8 Å². The van der Waals surface area contributed by atoms with E-state index >= 15 is 0 Å². The summed E-state index contributed by atoms with van der Waals surface area (Å²) >= 11 is 3.42. The predicted molar refractivity (Wildman–Crippen MR) is 95.7 cm³/mol. The maximum Gasteiger partial charge on any atom is 0.255 e. The van der Waals surface area contributed by atoms with E-state index in [4.69, 9.17) is 9.47 Å². The molecule has 0 radical (unpaired) electrons. The number of nitrogens with one attached hydrogen (secondary N) is 1. The molecule has 0 aliphatic heterocycles. The van der Waals surface area contributed by atoms with Gasteiger partial charge in [-0.25, -0.2) is 0 Å². The highest BCUT2D eigenvalue weighted by atomic mass is 79.9. The summed E-state index contributed by atoms with van der Waals surface area (Å²) in [6.07, 6.45) is 0. The van der Waals surface area contributed by atoms with Gasteiger partial charge in [0.15, 0.2) is 11.5 Å². The minimum Gasteiger partial charge on any atom is -0.492 e. The first kappa shape index (κ1) is 17.3. The molecule has 1 amide bonds. The Morgan fingerprint density at radius 2 is 1.91 bits per heavy atom. The number of benzene rings is 2. The van der Waals surface area contributed by atoms with Crippen molar-refractivity contribution >= 4 is 27.5 Å². The molecular formula is C18H20BrNO3. The van der Waals surface area contributed by atoms with Crippen molar-refractivity contribution in [3.05, 3.63) is 51.5 Å². The Kier molecular flexibility index (Phi) is 5.66. The Bertz CT molecular complexity index is 728. The van der Waals surface area contributed by atoms with Crippen molar-refractivity contribution in [2.24, 2.45) is 0 Å². The summed E-state index contributed by atoms with van der Waals surface area (Å²) in [6, 6.07) is 9.24. The molecule has 0 fully saturated rings. The summed E-state index contributed by atoms with van der Waals surface area (Å²) in [5.74, 6) is 0.918. The van der Waals surface area contributed by atoms with Gasteiger partial charge >= 0.3 is 0 Å². The molecule has 2 aromatic carbocycles. The third-order valence-electron chi connectivity index (χ3n) is 3.54. The fourth-order valence-electron chi connectivity index (χ4n) is 2.18. The molecule has 0 saturated carbocycles. The number of amides is 1. The average molecular weight is 378 g/mol. The lowest BCUT2D eigenvalue weighted by atomic mass is 10.1. The van der Waals surface area contributed by atoms with Crippen LogP contribution in [0.1, 0.15) is 28.4 Å². The minimum atomic E-state index is -0.197. The van der Waals surface area contributed by atoms with Gasteiger partial charge in [-0.15, -0.1) is 0 Å². The summed E-state index contributed by atoms with van der Waals surface area (Å²) in [5.41, 5.74) is 3.59. The lowest BCUT2D eigenvalue weighted by molar-refractivity contribution is 0.102. The van der Waals surface area contributed by atoms with Crippen LogP contribution in [0.3, 0.4) is 0 Å². The first-order chi connectivity index (χ1) is 11.0. The predicted octanol–water partition coefficient (Wildman–Crippen LogP) is 4.73. The topological polar surface area (TPSA) is 47.6 Å². The van der Waals surface area contributed by atoms with E-state index in [1.807, 2.05) is 39.0 Å². The van der Waals surface area contributed by atoms with E-state index < -0.39 is 0 Å². The summed E-state index contributed by atoms with van der Waals surface area (Å²) in [7, 11) is 1.57. The molecule has 5 heteroatoms. The molecule has 4 nitrogen and oxygen atoms in total. The van der Waals surface area contributed by atoms with Crippen LogP contribution in [0, 0.1) is 13.8 Å². The van der Waals surface area contributed by atoms with Crippen molar-refractivity contribution in [2.45, 2.75) is 20.8 Å². The monoisotopic (exact) mass is 377 g/mol. The Morgan fingerprint density at radius 1 is 1.17 bits per heavy atom. The van der Waals surface area contributed by atoms with Crippen molar-refractivity contribution in [3.63, 3.8) is 0 Å². The number of anilines is 1. The molecule has 0 bridgehead atoms. The van der Waals surface area contributed by atoms with Gasteiger partial charge in [-0.2, -0.15) is 0 Å². The smallest absolute Gasteiger partial charge is 0.255 e. The first-order valence-electron chi connectivity index (χ1n) is 7.35. The molecule has 0 heterocycles. The highest BCUT2D eigenvalue weighted by Crippen LogP contribution is 2.36. The van der Waals surface area contributed by atoms with Crippen molar-refractivity contribution in [1.29, 1.82) is 0 Å². The largest absolute Gasteiger partial charge is 0.492 e. The van der Waals surface area contributed by atoms with Crippen LogP contribution in [0.2, 0.25) is 0 Å². The number of ether oxygens (including phenoxy) is 2. The molecule has 0 saturated heterocycles. The van der Waals surface area contributed by atoms with Gasteiger partial charge in [-0.05, 0) is 72.1 Å². The normalized spacial score (nSPS) is 10.3. The number of rotatable bonds is 5. The zero-order valence-corrected chi connectivity index (χ0v) is 15.3. The van der Waals surface area contributed by atoms with E-state index in [1.165, 1.54) is 5.56 Å². The molecule has 0 aliphatic carbocycles. The number of methoxy groups -OCH3 is 1. The second-order valence-corrected chi connectivity index (χ2v) is 6.03. The van der Waals surface area contributed by atoms with Gasteiger partial charge < -0.3 is 14.8 Å². The van der Waals surface area contributed by atoms with Crippen molar-refractivity contribution in [3.8, 4) is 11.5 Å². The Morgan fingerprint density at radius 3 is 2.52 bits per heavy atom. The number of hydrogen-bond donors (Lipinski definition) is 1. The average Bonchev–Trinajstić information content (AvgIpc) is 2.51. The van der Waals surface area contributed by atoms with Crippen LogP contribution in [0.5, 0.6) is 11.5 Å². The molecule has 2 aromatic rings. The molecule has 0 unspecified atom stereocenters. The van der Waals surface area contributed by atoms with Crippen molar-refractivity contribution in [2.75, 3.05) is 19.0 Å². The molecule has 2 rings (SSSR count). The maximum atomic E-state index is 12.5. The van der Waals surface area contributed by atoms with Crippen LogP contribution in [0.25, 0.3) is 0 Å². The van der Waals surface area contributed by atoms with Gasteiger partial charge in [0, 0.05) is 11.3 Å². The third-order valence-corrected chi connectivity index (χ3v) is 4.13. The van der Waals surface area contributed by atoms with Gasteiger partial charge in [0.1, 0.15) is 0 Å². The van der Waals surface area contributed by atoms with E-state index in [2.05, 4.69) is 21.2 Å². The molecule has 0 atom stereocenters. The first-order valence-corrected chi connectivity index (χ1v) is 8.14. The van der Waals surface area contributed by atoms with Crippen LogP contribution in [-0.4, -0.2) is 19.6 Å². The second kappa shape index (κ2) is 7.51. The Balaban J connectivity index is 2.29. The van der Waals surface area contributed by atoms with E-state index in [9.17, 15) is 4.79 Å². The summed E-state index contributed by atoms with van der Waals surface area (Å²) in [6.45, 7) is 6.43. The standard InChI is InChI=1S/C18H20BrNO3/c1-5-23-16-10-13(9-15(19)17(16)22-4)18(21)20-14-7-6-11(2)12(3)8-14/h6-10H,5H2,1-4H3,(H,20,21). The van der Waals surface area contributed by atoms with E-state index in [0.717, 1.165) is 11.3 Å². The van der Waals surface area contributed by atoms with Crippen molar-refractivity contribution in [1.82, 2.24) is 0 Å². The van der Waals surface area contributed by atoms with E-state index in [1.54, 1.807) is 19.2 Å². The number of aryl methyl sites for hydroxylation is 2. The van der Waals surface area contributed by atoms with E-state index in [0.29, 0.717) is 28.1 Å². The van der Waals surface area contributed by atoms with Gasteiger partial charge in [0.2, 0.25) is 0 Å². The van der Waals surface area contributed by atoms with Crippen LogP contribution in [-0.2, 0) is 0 Å². The minimum absolute atomic E-state index is 0.197. The highest BCUT2D eigenvalue weighted by molar-refractivity contribution is 9.10. The summed E-state index contributed by atoms with van der Waals surface area (Å²) in [4.78, 5) is 12.5. The van der Waals surface area contributed by atoms with E-state index in [-0.39, 0.29) is 5.91 Å². The lowest BCUT2D eigenvalue weighted by Crippen LogP contribution is -2.12. The number of hydrogen-bond acceptors (Lipinski definition) is 3. The van der Waals surface area contributed by atoms with Crippen LogP contribution >= 0.6 is 15.9 Å². The number of halogens is 1. The van der Waals surface area contributed by atoms with Crippen LogP contribution < -0.4 is 14.8 Å². The molecular weight excluding hydrogens is 358 g/mol. The third kappa shape index (κ3) is 4.05. The molecule has 1 N–H and O–H groups in total. The van der Waals surface area contributed by atoms with Gasteiger partial charge in [0.05, 0.1) is 18.2 Å². The fourth-order valence-corrected chi connectivity index (χ4v) is 2.79. The molecule has 0 aliphatic rings. The van der Waals surface area contributed by atoms with Gasteiger partial charge in [0.25, 0.3) is 5.91 Å². The highest BCUT2D eigenvalue weighted by Gasteiger charge is 2.15. The van der Waals surface area contributed by atoms with Crippen LogP contribution in [0.4, 0.5) is 5.69 Å². The van der Waals surface area contributed by atoms with Gasteiger partial charge in [-0.1, -0.05) is 6.07 Å².